The van der Waals surface area contributed by atoms with Crippen molar-refractivity contribution in [1.29, 1.82) is 5.41 Å². The van der Waals surface area contributed by atoms with E-state index in [4.69, 9.17) is 5.41 Å². The number of thioether (sulfide) groups is 1. The molecule has 0 aromatic heterocycles. The number of amidine groups is 1. The maximum absolute atomic E-state index is 11.7. The summed E-state index contributed by atoms with van der Waals surface area (Å²) in [7, 11) is 0. The van der Waals surface area contributed by atoms with Crippen molar-refractivity contribution in [1.82, 2.24) is 0 Å². The topological polar surface area (TPSA) is 49.9 Å². The number of alkyl halides is 6. The molecule has 0 aromatic rings. The van der Waals surface area contributed by atoms with Gasteiger partial charge in [0.25, 0.3) is 0 Å². The molecule has 0 aliphatic rings. The van der Waals surface area contributed by atoms with Crippen LogP contribution in [0.5, 0.6) is 0 Å². The van der Waals surface area contributed by atoms with Gasteiger partial charge in [-0.05, 0) is 0 Å². The van der Waals surface area contributed by atoms with Crippen LogP contribution in [0.3, 0.4) is 0 Å². The Morgan fingerprint density at radius 3 is 1.46 bits per heavy atom. The minimum absolute atomic E-state index is 0.775. The average Bonchev–Trinajstić information content (AvgIpc) is 1.77. The fourth-order valence-corrected chi connectivity index (χ4v) is 0.967. The van der Waals surface area contributed by atoms with Crippen LogP contribution in [-0.2, 0) is 0 Å². The van der Waals surface area contributed by atoms with Gasteiger partial charge in [0.15, 0.2) is 5.17 Å². The highest BCUT2D eigenvalue weighted by molar-refractivity contribution is 8.14. The molecule has 0 heterocycles. The number of hydrogen-bond donors (Lipinski definition) is 2. The first-order chi connectivity index (χ1) is 5.55. The zero-order chi connectivity index (χ0) is 10.9. The van der Waals surface area contributed by atoms with E-state index in [0.717, 1.165) is 0 Å². The van der Waals surface area contributed by atoms with Crippen molar-refractivity contribution in [3.05, 3.63) is 0 Å². The quantitative estimate of drug-likeness (QED) is 0.408. The molecule has 0 rings (SSSR count). The van der Waals surface area contributed by atoms with Crippen LogP contribution in [0, 0.1) is 5.41 Å². The van der Waals surface area contributed by atoms with Gasteiger partial charge in [-0.15, -0.1) is 0 Å². The largest absolute Gasteiger partial charge is 0.409 e. The van der Waals surface area contributed by atoms with Gasteiger partial charge in [0.2, 0.25) is 5.25 Å². The average molecular weight is 226 g/mol. The van der Waals surface area contributed by atoms with Crippen molar-refractivity contribution in [2.45, 2.75) is 17.6 Å². The highest BCUT2D eigenvalue weighted by atomic mass is 32.2. The molecule has 0 spiro atoms. The van der Waals surface area contributed by atoms with E-state index in [9.17, 15) is 26.3 Å². The third kappa shape index (κ3) is 4.25. The van der Waals surface area contributed by atoms with Crippen LogP contribution in [0.15, 0.2) is 0 Å². The lowest BCUT2D eigenvalue weighted by Gasteiger charge is -2.21. The highest BCUT2D eigenvalue weighted by Crippen LogP contribution is 2.41. The molecule has 0 saturated heterocycles. The zero-order valence-electron chi connectivity index (χ0n) is 5.83. The molecule has 0 radical (unpaired) electrons. The minimum Gasteiger partial charge on any atom is -0.379 e. The normalized spacial score (nSPS) is 13.5. The second-order valence-electron chi connectivity index (χ2n) is 1.95. The van der Waals surface area contributed by atoms with Gasteiger partial charge in [-0.3, -0.25) is 5.41 Å². The fraction of sp³-hybridized carbons (Fsp3) is 0.750. The van der Waals surface area contributed by atoms with E-state index in [1.165, 1.54) is 0 Å². The van der Waals surface area contributed by atoms with Crippen molar-refractivity contribution in [2.24, 2.45) is 5.73 Å². The lowest BCUT2D eigenvalue weighted by Crippen LogP contribution is -2.41. The standard InChI is InChI=1S/C4H4F6N2S/c5-3(6,7)1(4(8,9)10)13-2(11)12/h1H,(H3,11,12). The Balaban J connectivity index is 4.68. The number of rotatable bonds is 1. The van der Waals surface area contributed by atoms with Gasteiger partial charge in [-0.2, -0.15) is 26.3 Å². The van der Waals surface area contributed by atoms with Gasteiger partial charge < -0.3 is 5.73 Å². The first-order valence-corrected chi connectivity index (χ1v) is 3.57. The van der Waals surface area contributed by atoms with Gasteiger partial charge in [0.1, 0.15) is 0 Å². The smallest absolute Gasteiger partial charge is 0.379 e. The van der Waals surface area contributed by atoms with Crippen molar-refractivity contribution in [2.75, 3.05) is 0 Å². The molecular weight excluding hydrogens is 222 g/mol. The summed E-state index contributed by atoms with van der Waals surface area (Å²) >= 11 is -0.775. The lowest BCUT2D eigenvalue weighted by molar-refractivity contribution is -0.223. The van der Waals surface area contributed by atoms with E-state index >= 15 is 0 Å². The highest BCUT2D eigenvalue weighted by Gasteiger charge is 2.57. The molecule has 0 unspecified atom stereocenters. The summed E-state index contributed by atoms with van der Waals surface area (Å²) < 4.78 is 70.1. The van der Waals surface area contributed by atoms with Crippen LogP contribution < -0.4 is 5.73 Å². The van der Waals surface area contributed by atoms with E-state index in [1.54, 1.807) is 0 Å². The molecule has 2 nitrogen and oxygen atoms in total. The van der Waals surface area contributed by atoms with Crippen LogP contribution >= 0.6 is 11.8 Å². The molecule has 78 valence electrons. The Morgan fingerprint density at radius 1 is 1.08 bits per heavy atom. The molecule has 0 aliphatic carbocycles. The second-order valence-corrected chi connectivity index (χ2v) is 3.09. The molecule has 0 aliphatic heterocycles. The van der Waals surface area contributed by atoms with Gasteiger partial charge in [-0.1, -0.05) is 11.8 Å². The predicted molar refractivity (Wildman–Crippen MR) is 35.4 cm³/mol. The van der Waals surface area contributed by atoms with Crippen molar-refractivity contribution in [3.8, 4) is 0 Å². The van der Waals surface area contributed by atoms with E-state index in [0.29, 0.717) is 0 Å². The number of hydrogen-bond acceptors (Lipinski definition) is 2. The van der Waals surface area contributed by atoms with Gasteiger partial charge >= 0.3 is 12.4 Å². The Morgan fingerprint density at radius 2 is 1.38 bits per heavy atom. The molecule has 0 saturated carbocycles. The fourth-order valence-electron chi connectivity index (χ4n) is 0.446. The maximum atomic E-state index is 11.7. The first-order valence-electron chi connectivity index (χ1n) is 2.69. The van der Waals surface area contributed by atoms with Crippen LogP contribution in [0.2, 0.25) is 0 Å². The summed E-state index contributed by atoms with van der Waals surface area (Å²) in [5.41, 5.74) is 4.43. The summed E-state index contributed by atoms with van der Waals surface area (Å²) in [6, 6.07) is 0. The van der Waals surface area contributed by atoms with Gasteiger partial charge in [0, 0.05) is 0 Å². The Bertz CT molecular complexity index is 182. The molecule has 0 amide bonds. The molecule has 0 aromatic carbocycles. The third-order valence-corrected chi connectivity index (χ3v) is 1.86. The summed E-state index contributed by atoms with van der Waals surface area (Å²) in [4.78, 5) is 0. The molecule has 3 N–H and O–H groups in total. The molecule has 0 bridgehead atoms. The van der Waals surface area contributed by atoms with Crippen LogP contribution in [0.25, 0.3) is 0 Å². The Kier molecular flexibility index (Phi) is 3.47. The summed E-state index contributed by atoms with van der Waals surface area (Å²) in [5, 5.41) is 1.48. The molecular formula is C4H4F6N2S. The second kappa shape index (κ2) is 3.64. The minimum atomic E-state index is -5.45. The molecule has 13 heavy (non-hydrogen) atoms. The first kappa shape index (κ1) is 12.4. The van der Waals surface area contributed by atoms with Crippen molar-refractivity contribution in [3.63, 3.8) is 0 Å². The summed E-state index contributed by atoms with van der Waals surface area (Å²) in [6.45, 7) is 0. The van der Waals surface area contributed by atoms with Crippen molar-refractivity contribution >= 4 is 16.9 Å². The number of nitrogens with one attached hydrogen (secondary N) is 1. The molecule has 9 heteroatoms. The van der Waals surface area contributed by atoms with Gasteiger partial charge in [0.05, 0.1) is 0 Å². The lowest BCUT2D eigenvalue weighted by atomic mass is 10.4. The van der Waals surface area contributed by atoms with E-state index < -0.39 is 34.5 Å². The van der Waals surface area contributed by atoms with Crippen molar-refractivity contribution < 1.29 is 26.3 Å². The van der Waals surface area contributed by atoms with Gasteiger partial charge in [-0.25, -0.2) is 0 Å². The predicted octanol–water partition coefficient (Wildman–Crippen LogP) is 2.11. The summed E-state index contributed by atoms with van der Waals surface area (Å²) in [6.07, 6.45) is -10.9. The molecule has 0 atom stereocenters. The zero-order valence-corrected chi connectivity index (χ0v) is 6.65. The molecule has 0 fully saturated rings. The summed E-state index contributed by atoms with van der Waals surface area (Å²) in [5.74, 6) is 0. The van der Waals surface area contributed by atoms with Crippen LogP contribution in [-0.4, -0.2) is 22.8 Å². The van der Waals surface area contributed by atoms with Crippen LogP contribution in [0.4, 0.5) is 26.3 Å². The Labute approximate surface area is 73.0 Å². The van der Waals surface area contributed by atoms with Crippen LogP contribution in [0.1, 0.15) is 0 Å². The van der Waals surface area contributed by atoms with E-state index in [1.807, 2.05) is 0 Å². The SMILES string of the molecule is N=C(N)SC(C(F)(F)F)C(F)(F)F. The number of halogens is 6. The third-order valence-electron chi connectivity index (χ3n) is 0.839. The monoisotopic (exact) mass is 226 g/mol. The van der Waals surface area contributed by atoms with E-state index in [-0.39, 0.29) is 0 Å². The number of nitrogens with two attached hydrogens (primary N) is 1. The maximum Gasteiger partial charge on any atom is 0.409 e. The van der Waals surface area contributed by atoms with E-state index in [2.05, 4.69) is 5.73 Å². The Hall–Kier alpha value is -0.600.